The quantitative estimate of drug-likeness (QED) is 0.721. The number of rotatable bonds is 2. The first kappa shape index (κ1) is 13.1. The standard InChI is InChI=1S/C11H20N4O2Si/c1-5-8-18-15(14-11(4)17-18)9(2)6-7-12-13-10(3)16-18/h7,9H,5-6,8H2,1-4H3/b12-7-,13-10-. The fraction of sp³-hybridized carbons (Fsp3) is 0.727. The monoisotopic (exact) mass is 268 g/mol. The Bertz CT molecular complexity index is 410. The summed E-state index contributed by atoms with van der Waals surface area (Å²) in [6, 6.07) is 1.08. The molecule has 7 heteroatoms. The number of fused-ring (bicyclic) bond motifs is 1. The molecule has 18 heavy (non-hydrogen) atoms. The number of hydrazone groups is 1. The molecular formula is C11H20N4O2Si. The van der Waals surface area contributed by atoms with Crippen LogP contribution in [0, 0.1) is 0 Å². The topological polar surface area (TPSA) is 58.8 Å². The van der Waals surface area contributed by atoms with E-state index < -0.39 is 8.72 Å². The third-order valence-electron chi connectivity index (χ3n) is 2.92. The third-order valence-corrected chi connectivity index (χ3v) is 6.52. The summed E-state index contributed by atoms with van der Waals surface area (Å²) in [5.74, 6) is 1.24. The Morgan fingerprint density at radius 3 is 2.83 bits per heavy atom. The third kappa shape index (κ3) is 2.40. The molecule has 0 aromatic carbocycles. The Kier molecular flexibility index (Phi) is 3.70. The summed E-state index contributed by atoms with van der Waals surface area (Å²) in [6.45, 7) is 7.92. The largest absolute Gasteiger partial charge is 0.606 e. The van der Waals surface area contributed by atoms with Crippen molar-refractivity contribution < 1.29 is 8.85 Å². The van der Waals surface area contributed by atoms with Crippen LogP contribution in [0.25, 0.3) is 0 Å². The molecule has 0 N–H and O–H groups in total. The van der Waals surface area contributed by atoms with Gasteiger partial charge in [-0.15, -0.1) is 10.2 Å². The average molecular weight is 268 g/mol. The van der Waals surface area contributed by atoms with Gasteiger partial charge in [-0.3, -0.25) is 0 Å². The van der Waals surface area contributed by atoms with Crippen LogP contribution in [0.15, 0.2) is 15.3 Å². The van der Waals surface area contributed by atoms with Crippen molar-refractivity contribution in [2.24, 2.45) is 15.3 Å². The lowest BCUT2D eigenvalue weighted by Gasteiger charge is -2.34. The molecule has 0 bridgehead atoms. The molecule has 2 aliphatic heterocycles. The maximum absolute atomic E-state index is 6.03. The Balaban J connectivity index is 2.35. The molecule has 0 radical (unpaired) electrons. The summed E-state index contributed by atoms with van der Waals surface area (Å²) in [4.78, 5) is 0. The minimum absolute atomic E-state index is 0.213. The van der Waals surface area contributed by atoms with Crippen molar-refractivity contribution in [2.45, 2.75) is 52.6 Å². The minimum atomic E-state index is -2.53. The van der Waals surface area contributed by atoms with E-state index >= 15 is 0 Å². The van der Waals surface area contributed by atoms with E-state index in [0.29, 0.717) is 11.8 Å². The van der Waals surface area contributed by atoms with Gasteiger partial charge < -0.3 is 8.85 Å². The smallest absolute Gasteiger partial charge is 0.483 e. The van der Waals surface area contributed by atoms with Crippen LogP contribution in [0.1, 0.15) is 40.5 Å². The summed E-state index contributed by atoms with van der Waals surface area (Å²) < 4.78 is 14.0. The molecule has 2 atom stereocenters. The fourth-order valence-corrected chi connectivity index (χ4v) is 5.60. The van der Waals surface area contributed by atoms with Gasteiger partial charge in [0.15, 0.2) is 11.8 Å². The minimum Gasteiger partial charge on any atom is -0.483 e. The lowest BCUT2D eigenvalue weighted by atomic mass is 10.3. The van der Waals surface area contributed by atoms with Crippen LogP contribution in [-0.4, -0.2) is 37.4 Å². The Morgan fingerprint density at radius 1 is 1.39 bits per heavy atom. The first-order valence-electron chi connectivity index (χ1n) is 6.36. The fourth-order valence-electron chi connectivity index (χ4n) is 2.23. The van der Waals surface area contributed by atoms with Gasteiger partial charge in [0, 0.05) is 38.6 Å². The average Bonchev–Trinajstić information content (AvgIpc) is 2.62. The lowest BCUT2D eigenvalue weighted by molar-refractivity contribution is 0.245. The van der Waals surface area contributed by atoms with E-state index in [4.69, 9.17) is 8.85 Å². The highest BCUT2D eigenvalue weighted by Crippen LogP contribution is 2.30. The van der Waals surface area contributed by atoms with Crippen molar-refractivity contribution in [1.82, 2.24) is 4.67 Å². The van der Waals surface area contributed by atoms with Crippen LogP contribution in [0.3, 0.4) is 0 Å². The van der Waals surface area contributed by atoms with Gasteiger partial charge in [0.1, 0.15) is 0 Å². The van der Waals surface area contributed by atoms with Gasteiger partial charge in [-0.2, -0.15) is 5.10 Å². The second kappa shape index (κ2) is 5.09. The molecule has 2 unspecified atom stereocenters. The molecule has 2 rings (SSSR count). The zero-order chi connectivity index (χ0) is 13.2. The van der Waals surface area contributed by atoms with Gasteiger partial charge in [0.05, 0.1) is 0 Å². The molecule has 2 aliphatic rings. The van der Waals surface area contributed by atoms with Crippen LogP contribution in [0.5, 0.6) is 0 Å². The van der Waals surface area contributed by atoms with Gasteiger partial charge in [-0.25, -0.2) is 4.67 Å². The van der Waals surface area contributed by atoms with E-state index in [1.54, 1.807) is 6.21 Å². The molecule has 0 amide bonds. The molecule has 0 fully saturated rings. The summed E-state index contributed by atoms with van der Waals surface area (Å²) >= 11 is 0. The molecule has 0 aromatic heterocycles. The summed E-state index contributed by atoms with van der Waals surface area (Å²) in [5.41, 5.74) is 0. The van der Waals surface area contributed by atoms with Gasteiger partial charge in [0.2, 0.25) is 0 Å². The number of hydrogen-bond donors (Lipinski definition) is 0. The second-order valence-corrected chi connectivity index (χ2v) is 7.42. The molecule has 6 nitrogen and oxygen atoms in total. The maximum atomic E-state index is 6.03. The highest BCUT2D eigenvalue weighted by molar-refractivity contribution is 6.68. The first-order valence-corrected chi connectivity index (χ1v) is 8.33. The molecule has 100 valence electrons. The SMILES string of the molecule is CCC[Si]12OC(C)=NN1C(C)C/C=N\N=C(\C)O2. The predicted molar refractivity (Wildman–Crippen MR) is 73.7 cm³/mol. The van der Waals surface area contributed by atoms with Crippen LogP contribution in [0.2, 0.25) is 6.04 Å². The molecule has 0 saturated heterocycles. The highest BCUT2D eigenvalue weighted by Gasteiger charge is 2.55. The summed E-state index contributed by atoms with van der Waals surface area (Å²) in [7, 11) is -2.53. The van der Waals surface area contributed by atoms with Crippen molar-refractivity contribution >= 4 is 26.7 Å². The number of hydrogen-bond acceptors (Lipinski definition) is 6. The Morgan fingerprint density at radius 2 is 2.11 bits per heavy atom. The van der Waals surface area contributed by atoms with E-state index in [9.17, 15) is 0 Å². The molecule has 0 aliphatic carbocycles. The number of nitrogens with zero attached hydrogens (tertiary/aromatic N) is 4. The van der Waals surface area contributed by atoms with Crippen molar-refractivity contribution in [2.75, 3.05) is 0 Å². The van der Waals surface area contributed by atoms with E-state index in [1.807, 2.05) is 18.5 Å². The zero-order valence-corrected chi connectivity index (χ0v) is 12.4. The van der Waals surface area contributed by atoms with E-state index in [0.717, 1.165) is 18.9 Å². The maximum Gasteiger partial charge on any atom is 0.606 e. The lowest BCUT2D eigenvalue weighted by Crippen LogP contribution is -2.56. The van der Waals surface area contributed by atoms with Crippen molar-refractivity contribution in [3.05, 3.63) is 0 Å². The molecule has 2 heterocycles. The van der Waals surface area contributed by atoms with Gasteiger partial charge in [-0.05, 0) is 6.92 Å². The van der Waals surface area contributed by atoms with Gasteiger partial charge in [0.25, 0.3) is 0 Å². The zero-order valence-electron chi connectivity index (χ0n) is 11.4. The van der Waals surface area contributed by atoms with Gasteiger partial charge >= 0.3 is 8.72 Å². The summed E-state index contributed by atoms with van der Waals surface area (Å²) in [5, 5.41) is 12.5. The van der Waals surface area contributed by atoms with Crippen molar-refractivity contribution in [1.29, 1.82) is 0 Å². The van der Waals surface area contributed by atoms with Crippen molar-refractivity contribution in [3.8, 4) is 0 Å². The first-order chi connectivity index (χ1) is 8.57. The second-order valence-electron chi connectivity index (χ2n) is 4.63. The van der Waals surface area contributed by atoms with Crippen molar-refractivity contribution in [3.63, 3.8) is 0 Å². The summed E-state index contributed by atoms with van der Waals surface area (Å²) in [6.07, 6.45) is 3.59. The molecule has 0 spiro atoms. The van der Waals surface area contributed by atoms with E-state index in [2.05, 4.69) is 29.2 Å². The Hall–Kier alpha value is -1.37. The Labute approximate surface area is 109 Å². The van der Waals surface area contributed by atoms with E-state index in [-0.39, 0.29) is 6.04 Å². The predicted octanol–water partition coefficient (Wildman–Crippen LogP) is 2.21. The van der Waals surface area contributed by atoms with Gasteiger partial charge in [-0.1, -0.05) is 13.3 Å². The molecule has 0 saturated carbocycles. The van der Waals surface area contributed by atoms with Crippen LogP contribution < -0.4 is 0 Å². The van der Waals surface area contributed by atoms with Crippen LogP contribution in [0.4, 0.5) is 0 Å². The van der Waals surface area contributed by atoms with Crippen LogP contribution >= 0.6 is 0 Å². The molecular weight excluding hydrogens is 248 g/mol. The molecule has 0 aromatic rings. The normalized spacial score (nSPS) is 36.0. The van der Waals surface area contributed by atoms with Crippen LogP contribution in [-0.2, 0) is 8.85 Å². The highest BCUT2D eigenvalue weighted by atomic mass is 28.4. The van der Waals surface area contributed by atoms with E-state index in [1.165, 1.54) is 0 Å².